The molecule has 2 nitrogen and oxygen atoms in total. The summed E-state index contributed by atoms with van der Waals surface area (Å²) < 4.78 is 5.41. The third kappa shape index (κ3) is 1.35. The largest absolute Gasteiger partial charge is 0.390 e. The van der Waals surface area contributed by atoms with Gasteiger partial charge in [0.2, 0.25) is 0 Å². The predicted octanol–water partition coefficient (Wildman–Crippen LogP) is 1.91. The summed E-state index contributed by atoms with van der Waals surface area (Å²) in [6.45, 7) is 6.55. The predicted molar refractivity (Wildman–Crippen MR) is 55.2 cm³/mol. The van der Waals surface area contributed by atoms with Crippen molar-refractivity contribution >= 4 is 0 Å². The maximum absolute atomic E-state index is 9.66. The van der Waals surface area contributed by atoms with E-state index >= 15 is 0 Å². The molecular formula is C12H16O2. The molecule has 2 rings (SSSR count). The summed E-state index contributed by atoms with van der Waals surface area (Å²) in [5.74, 6) is 0. The van der Waals surface area contributed by atoms with Gasteiger partial charge in [0.25, 0.3) is 0 Å². The normalized spacial score (nSPS) is 27.4. The molecule has 1 fully saturated rings. The average Bonchev–Trinajstić information content (AvgIpc) is 2.84. The van der Waals surface area contributed by atoms with Crippen molar-refractivity contribution in [1.82, 2.24) is 0 Å². The van der Waals surface area contributed by atoms with Crippen LogP contribution in [0.25, 0.3) is 0 Å². The maximum atomic E-state index is 9.66. The summed E-state index contributed by atoms with van der Waals surface area (Å²) in [6.07, 6.45) is -0.441. The van der Waals surface area contributed by atoms with E-state index in [-0.39, 0.29) is 0 Å². The van der Waals surface area contributed by atoms with Gasteiger partial charge in [0.05, 0.1) is 12.7 Å². The Morgan fingerprint density at radius 1 is 1.43 bits per heavy atom. The van der Waals surface area contributed by atoms with E-state index < -0.39 is 11.7 Å². The Hall–Kier alpha value is -0.860. The number of rotatable bonds is 2. The smallest absolute Gasteiger partial charge is 0.142 e. The SMILES string of the molecule is Cc1ccc(C2([C@@H](C)O)CO2)c(C)c1. The Bertz CT molecular complexity index is 351. The highest BCUT2D eigenvalue weighted by Gasteiger charge is 2.51. The minimum Gasteiger partial charge on any atom is -0.390 e. The molecule has 0 radical (unpaired) electrons. The molecule has 1 heterocycles. The second-order valence-corrected chi connectivity index (χ2v) is 4.17. The standard InChI is InChI=1S/C12H16O2/c1-8-4-5-11(9(2)6-8)12(7-14-12)10(3)13/h4-6,10,13H,7H2,1-3H3/t10-,12?/m1/s1. The minimum atomic E-state index is -0.441. The molecule has 1 aliphatic rings. The van der Waals surface area contributed by atoms with E-state index in [0.717, 1.165) is 5.56 Å². The quantitative estimate of drug-likeness (QED) is 0.726. The van der Waals surface area contributed by atoms with Crippen LogP contribution in [0.1, 0.15) is 23.6 Å². The molecule has 0 aliphatic carbocycles. The molecule has 1 aliphatic heterocycles. The van der Waals surface area contributed by atoms with Crippen molar-refractivity contribution in [2.24, 2.45) is 0 Å². The number of epoxide rings is 1. The van der Waals surface area contributed by atoms with E-state index in [1.165, 1.54) is 11.1 Å². The molecule has 14 heavy (non-hydrogen) atoms. The number of aliphatic hydroxyl groups excluding tert-OH is 1. The Morgan fingerprint density at radius 2 is 2.07 bits per heavy atom. The van der Waals surface area contributed by atoms with Gasteiger partial charge in [0.1, 0.15) is 5.60 Å². The van der Waals surface area contributed by atoms with Crippen LogP contribution in [0.2, 0.25) is 0 Å². The summed E-state index contributed by atoms with van der Waals surface area (Å²) in [6, 6.07) is 6.25. The van der Waals surface area contributed by atoms with Crippen LogP contribution in [0.15, 0.2) is 18.2 Å². The molecule has 1 saturated heterocycles. The van der Waals surface area contributed by atoms with Crippen molar-refractivity contribution in [1.29, 1.82) is 0 Å². The van der Waals surface area contributed by atoms with Crippen LogP contribution in [-0.2, 0) is 10.3 Å². The molecule has 76 valence electrons. The molecule has 1 aromatic rings. The average molecular weight is 192 g/mol. The zero-order valence-corrected chi connectivity index (χ0v) is 8.87. The molecule has 1 aromatic carbocycles. The van der Waals surface area contributed by atoms with Crippen molar-refractivity contribution in [3.05, 3.63) is 34.9 Å². The highest BCUT2D eigenvalue weighted by Crippen LogP contribution is 2.43. The van der Waals surface area contributed by atoms with Crippen LogP contribution in [0, 0.1) is 13.8 Å². The zero-order chi connectivity index (χ0) is 10.3. The number of hydrogen-bond donors (Lipinski definition) is 1. The fraction of sp³-hybridized carbons (Fsp3) is 0.500. The number of hydrogen-bond acceptors (Lipinski definition) is 2. The monoisotopic (exact) mass is 192 g/mol. The molecular weight excluding hydrogens is 176 g/mol. The van der Waals surface area contributed by atoms with E-state index in [2.05, 4.69) is 32.0 Å². The lowest BCUT2D eigenvalue weighted by Gasteiger charge is -2.18. The number of aliphatic hydroxyl groups is 1. The van der Waals surface area contributed by atoms with E-state index in [1.54, 1.807) is 6.92 Å². The van der Waals surface area contributed by atoms with Crippen molar-refractivity contribution in [2.45, 2.75) is 32.5 Å². The fourth-order valence-corrected chi connectivity index (χ4v) is 1.99. The van der Waals surface area contributed by atoms with Gasteiger partial charge >= 0.3 is 0 Å². The maximum Gasteiger partial charge on any atom is 0.142 e. The Kier molecular flexibility index (Phi) is 2.13. The van der Waals surface area contributed by atoms with Crippen LogP contribution in [0.3, 0.4) is 0 Å². The van der Waals surface area contributed by atoms with E-state index in [0.29, 0.717) is 6.61 Å². The van der Waals surface area contributed by atoms with Gasteiger partial charge in [-0.25, -0.2) is 0 Å². The van der Waals surface area contributed by atoms with Gasteiger partial charge < -0.3 is 9.84 Å². The van der Waals surface area contributed by atoms with E-state index in [9.17, 15) is 5.11 Å². The van der Waals surface area contributed by atoms with Crippen molar-refractivity contribution in [3.8, 4) is 0 Å². The molecule has 0 amide bonds. The molecule has 1 N–H and O–H groups in total. The lowest BCUT2D eigenvalue weighted by atomic mass is 9.90. The molecule has 2 heteroatoms. The second kappa shape index (κ2) is 3.07. The van der Waals surface area contributed by atoms with Gasteiger partial charge in [-0.1, -0.05) is 23.8 Å². The van der Waals surface area contributed by atoms with Crippen molar-refractivity contribution < 1.29 is 9.84 Å². The van der Waals surface area contributed by atoms with Crippen LogP contribution in [0.5, 0.6) is 0 Å². The van der Waals surface area contributed by atoms with E-state index in [1.807, 2.05) is 0 Å². The highest BCUT2D eigenvalue weighted by atomic mass is 16.6. The lowest BCUT2D eigenvalue weighted by molar-refractivity contribution is 0.0883. The summed E-state index contributed by atoms with van der Waals surface area (Å²) in [4.78, 5) is 0. The number of ether oxygens (including phenoxy) is 1. The molecule has 0 saturated carbocycles. The van der Waals surface area contributed by atoms with Gasteiger partial charge in [-0.2, -0.15) is 0 Å². The summed E-state index contributed by atoms with van der Waals surface area (Å²) >= 11 is 0. The molecule has 0 aromatic heterocycles. The van der Waals surface area contributed by atoms with Gasteiger partial charge in [-0.15, -0.1) is 0 Å². The topological polar surface area (TPSA) is 32.8 Å². The van der Waals surface area contributed by atoms with Crippen molar-refractivity contribution in [2.75, 3.05) is 6.61 Å². The molecule has 0 bridgehead atoms. The zero-order valence-electron chi connectivity index (χ0n) is 8.87. The Morgan fingerprint density at radius 3 is 2.50 bits per heavy atom. The highest BCUT2D eigenvalue weighted by molar-refractivity contribution is 5.38. The summed E-state index contributed by atoms with van der Waals surface area (Å²) in [5.41, 5.74) is 3.15. The first-order valence-corrected chi connectivity index (χ1v) is 4.96. The molecule has 0 spiro atoms. The minimum absolute atomic E-state index is 0.419. The van der Waals surface area contributed by atoms with Crippen LogP contribution < -0.4 is 0 Å². The van der Waals surface area contributed by atoms with Crippen molar-refractivity contribution in [3.63, 3.8) is 0 Å². The van der Waals surface area contributed by atoms with Gasteiger partial charge in [0, 0.05) is 0 Å². The van der Waals surface area contributed by atoms with Crippen LogP contribution in [-0.4, -0.2) is 17.8 Å². The second-order valence-electron chi connectivity index (χ2n) is 4.17. The molecule has 2 atom stereocenters. The van der Waals surface area contributed by atoms with Crippen LogP contribution in [0.4, 0.5) is 0 Å². The third-order valence-corrected chi connectivity index (χ3v) is 2.97. The van der Waals surface area contributed by atoms with E-state index in [4.69, 9.17) is 4.74 Å². The van der Waals surface area contributed by atoms with Gasteiger partial charge in [0.15, 0.2) is 0 Å². The summed E-state index contributed by atoms with van der Waals surface area (Å²) in [7, 11) is 0. The summed E-state index contributed by atoms with van der Waals surface area (Å²) in [5, 5.41) is 9.66. The first-order chi connectivity index (χ1) is 6.56. The fourth-order valence-electron chi connectivity index (χ4n) is 1.99. The lowest BCUT2D eigenvalue weighted by Crippen LogP contribution is -2.25. The Balaban J connectivity index is 2.42. The first kappa shape index (κ1) is 9.69. The molecule has 1 unspecified atom stereocenters. The Labute approximate surface area is 84.5 Å². The number of aryl methyl sites for hydroxylation is 2. The third-order valence-electron chi connectivity index (χ3n) is 2.97. The van der Waals surface area contributed by atoms with Gasteiger partial charge in [-0.3, -0.25) is 0 Å². The number of benzene rings is 1. The van der Waals surface area contributed by atoms with Gasteiger partial charge in [-0.05, 0) is 31.9 Å². The first-order valence-electron chi connectivity index (χ1n) is 4.96. The van der Waals surface area contributed by atoms with Crippen LogP contribution >= 0.6 is 0 Å².